The zero-order valence-corrected chi connectivity index (χ0v) is 9.89. The molecule has 0 amide bonds. The van der Waals surface area contributed by atoms with Crippen LogP contribution in [0.4, 0.5) is 4.39 Å². The van der Waals surface area contributed by atoms with E-state index in [4.69, 9.17) is 9.29 Å². The predicted molar refractivity (Wildman–Crippen MR) is 69.9 cm³/mol. The minimum absolute atomic E-state index is 0. The SMILES string of the molecule is O=S(=O)(O)c1ccc(Oc2ccc(F)cc2)cc1.[NaH]. The summed E-state index contributed by atoms with van der Waals surface area (Å²) in [6, 6.07) is 10.6. The first-order valence-corrected chi connectivity index (χ1v) is 6.40. The fourth-order valence-electron chi connectivity index (χ4n) is 1.32. The molecule has 0 unspecified atom stereocenters. The first-order chi connectivity index (χ1) is 8.45. The van der Waals surface area contributed by atoms with Crippen molar-refractivity contribution in [2.24, 2.45) is 0 Å². The van der Waals surface area contributed by atoms with Gasteiger partial charge in [0.15, 0.2) is 0 Å². The average Bonchev–Trinajstić information content (AvgIpc) is 2.32. The Hall–Kier alpha value is -0.920. The fraction of sp³-hybridized carbons (Fsp3) is 0. The summed E-state index contributed by atoms with van der Waals surface area (Å²) in [6.07, 6.45) is 0. The summed E-state index contributed by atoms with van der Waals surface area (Å²) in [7, 11) is -4.20. The summed E-state index contributed by atoms with van der Waals surface area (Å²) in [4.78, 5) is -0.214. The van der Waals surface area contributed by atoms with Crippen LogP contribution in [0, 0.1) is 5.82 Å². The van der Waals surface area contributed by atoms with E-state index in [0.717, 1.165) is 0 Å². The number of hydrogen-bond donors (Lipinski definition) is 1. The van der Waals surface area contributed by atoms with Gasteiger partial charge in [-0.2, -0.15) is 8.42 Å². The molecule has 0 fully saturated rings. The molecule has 0 spiro atoms. The summed E-state index contributed by atoms with van der Waals surface area (Å²) in [5.74, 6) is 0.439. The van der Waals surface area contributed by atoms with Gasteiger partial charge in [0.25, 0.3) is 10.1 Å². The molecule has 4 nitrogen and oxygen atoms in total. The van der Waals surface area contributed by atoms with E-state index in [9.17, 15) is 12.8 Å². The molecule has 0 saturated heterocycles. The van der Waals surface area contributed by atoms with Gasteiger partial charge in [0.05, 0.1) is 4.90 Å². The van der Waals surface area contributed by atoms with Gasteiger partial charge in [-0.1, -0.05) is 0 Å². The van der Waals surface area contributed by atoms with Gasteiger partial charge in [-0.3, -0.25) is 4.55 Å². The Labute approximate surface area is 132 Å². The molecule has 2 aromatic rings. The van der Waals surface area contributed by atoms with Gasteiger partial charge in [0.1, 0.15) is 17.3 Å². The molecular formula is C12H10FNaO4S. The second-order valence-electron chi connectivity index (χ2n) is 3.50. The van der Waals surface area contributed by atoms with Crippen molar-refractivity contribution >= 4 is 39.7 Å². The van der Waals surface area contributed by atoms with Crippen molar-refractivity contribution in [3.05, 3.63) is 54.3 Å². The first-order valence-electron chi connectivity index (χ1n) is 4.96. The van der Waals surface area contributed by atoms with Crippen molar-refractivity contribution in [2.45, 2.75) is 4.90 Å². The van der Waals surface area contributed by atoms with Gasteiger partial charge in [-0.15, -0.1) is 0 Å². The van der Waals surface area contributed by atoms with Gasteiger partial charge >= 0.3 is 29.6 Å². The van der Waals surface area contributed by atoms with Gasteiger partial charge in [0.2, 0.25) is 0 Å². The molecule has 0 atom stereocenters. The van der Waals surface area contributed by atoms with Crippen LogP contribution in [0.5, 0.6) is 11.5 Å². The second-order valence-corrected chi connectivity index (χ2v) is 4.92. The molecule has 0 aliphatic carbocycles. The minimum atomic E-state index is -4.20. The van der Waals surface area contributed by atoms with Crippen LogP contribution < -0.4 is 4.74 Å². The third kappa shape index (κ3) is 4.59. The van der Waals surface area contributed by atoms with Crippen molar-refractivity contribution in [3.63, 3.8) is 0 Å². The molecule has 0 aliphatic rings. The monoisotopic (exact) mass is 292 g/mol. The second kappa shape index (κ2) is 6.49. The molecule has 0 radical (unpaired) electrons. The molecule has 0 aliphatic heterocycles. The van der Waals surface area contributed by atoms with Crippen LogP contribution in [0.15, 0.2) is 53.4 Å². The van der Waals surface area contributed by atoms with Crippen molar-refractivity contribution in [3.8, 4) is 11.5 Å². The number of ether oxygens (including phenoxy) is 1. The van der Waals surface area contributed by atoms with Crippen molar-refractivity contribution < 1.29 is 22.1 Å². The molecule has 19 heavy (non-hydrogen) atoms. The Morgan fingerprint density at radius 1 is 0.895 bits per heavy atom. The topological polar surface area (TPSA) is 63.6 Å². The fourth-order valence-corrected chi connectivity index (χ4v) is 1.80. The van der Waals surface area contributed by atoms with Crippen LogP contribution in [-0.4, -0.2) is 42.5 Å². The molecule has 96 valence electrons. The Morgan fingerprint density at radius 3 is 1.74 bits per heavy atom. The van der Waals surface area contributed by atoms with Crippen LogP contribution in [0.3, 0.4) is 0 Å². The van der Waals surface area contributed by atoms with E-state index in [1.165, 1.54) is 48.5 Å². The Balaban J connectivity index is 0.00000180. The molecule has 0 aromatic heterocycles. The molecule has 0 heterocycles. The maximum absolute atomic E-state index is 12.7. The van der Waals surface area contributed by atoms with E-state index in [0.29, 0.717) is 11.5 Å². The van der Waals surface area contributed by atoms with Gasteiger partial charge in [-0.05, 0) is 48.5 Å². The number of rotatable bonds is 3. The van der Waals surface area contributed by atoms with Crippen LogP contribution in [-0.2, 0) is 10.1 Å². The Morgan fingerprint density at radius 2 is 1.32 bits per heavy atom. The van der Waals surface area contributed by atoms with Crippen LogP contribution >= 0.6 is 0 Å². The average molecular weight is 292 g/mol. The van der Waals surface area contributed by atoms with E-state index in [1.54, 1.807) is 0 Å². The summed E-state index contributed by atoms with van der Waals surface area (Å²) in [6.45, 7) is 0. The van der Waals surface area contributed by atoms with E-state index in [1.807, 2.05) is 0 Å². The van der Waals surface area contributed by atoms with Crippen molar-refractivity contribution in [1.82, 2.24) is 0 Å². The third-order valence-electron chi connectivity index (χ3n) is 2.17. The third-order valence-corrected chi connectivity index (χ3v) is 3.04. The Kier molecular flexibility index (Phi) is 5.51. The van der Waals surface area contributed by atoms with Gasteiger partial charge in [-0.25, -0.2) is 4.39 Å². The maximum atomic E-state index is 12.7. The predicted octanol–water partition coefficient (Wildman–Crippen LogP) is 2.22. The molecular weight excluding hydrogens is 282 g/mol. The van der Waals surface area contributed by atoms with E-state index in [2.05, 4.69) is 0 Å². The summed E-state index contributed by atoms with van der Waals surface area (Å²) >= 11 is 0. The zero-order valence-electron chi connectivity index (χ0n) is 9.08. The summed E-state index contributed by atoms with van der Waals surface area (Å²) in [5, 5.41) is 0. The molecule has 2 rings (SSSR count). The zero-order chi connectivity index (χ0) is 13.2. The normalized spacial score (nSPS) is 10.6. The van der Waals surface area contributed by atoms with Gasteiger partial charge < -0.3 is 4.74 Å². The van der Waals surface area contributed by atoms with Crippen LogP contribution in [0.2, 0.25) is 0 Å². The number of halogens is 1. The number of hydrogen-bond acceptors (Lipinski definition) is 3. The van der Waals surface area contributed by atoms with Crippen LogP contribution in [0.25, 0.3) is 0 Å². The quantitative estimate of drug-likeness (QED) is 0.696. The molecule has 1 N–H and O–H groups in total. The first kappa shape index (κ1) is 16.1. The van der Waals surface area contributed by atoms with E-state index in [-0.39, 0.29) is 40.3 Å². The molecule has 0 saturated carbocycles. The van der Waals surface area contributed by atoms with Crippen molar-refractivity contribution in [2.75, 3.05) is 0 Å². The molecule has 2 aromatic carbocycles. The standard InChI is InChI=1S/C12H9FO4S.Na.H/c13-9-1-3-10(4-2-9)17-11-5-7-12(8-6-11)18(14,15)16;;/h1-8H,(H,14,15,16);;. The van der Waals surface area contributed by atoms with E-state index < -0.39 is 10.1 Å². The summed E-state index contributed by atoms with van der Waals surface area (Å²) in [5.41, 5.74) is 0. The van der Waals surface area contributed by atoms with Gasteiger partial charge in [0, 0.05) is 0 Å². The van der Waals surface area contributed by atoms with E-state index >= 15 is 0 Å². The Bertz CT molecular complexity index is 638. The molecule has 7 heteroatoms. The van der Waals surface area contributed by atoms with Crippen LogP contribution in [0.1, 0.15) is 0 Å². The summed E-state index contributed by atoms with van der Waals surface area (Å²) < 4.78 is 48.4. The van der Waals surface area contributed by atoms with Crippen molar-refractivity contribution in [1.29, 1.82) is 0 Å². The molecule has 0 bridgehead atoms. The number of benzene rings is 2.